The van der Waals surface area contributed by atoms with Gasteiger partial charge in [-0.05, 0) is 176 Å². The van der Waals surface area contributed by atoms with Crippen LogP contribution in [0.2, 0.25) is 0 Å². The van der Waals surface area contributed by atoms with Crippen molar-refractivity contribution in [2.45, 2.75) is 19.3 Å². The van der Waals surface area contributed by atoms with Gasteiger partial charge < -0.3 is 0 Å². The highest BCUT2D eigenvalue weighted by molar-refractivity contribution is 6.26. The van der Waals surface area contributed by atoms with Gasteiger partial charge in [0, 0.05) is 0 Å². The maximum Gasteiger partial charge on any atom is 0.0725 e. The summed E-state index contributed by atoms with van der Waals surface area (Å²) in [5, 5.41) is 5.22. The van der Waals surface area contributed by atoms with Crippen LogP contribution < -0.4 is 0 Å². The van der Waals surface area contributed by atoms with E-state index in [1.807, 2.05) is 0 Å². The molecule has 0 heteroatoms. The van der Waals surface area contributed by atoms with Gasteiger partial charge in [-0.15, -0.1) is 0 Å². The monoisotopic (exact) mass is 822 g/mol. The van der Waals surface area contributed by atoms with Crippen LogP contribution in [0.3, 0.4) is 0 Å². The SMILES string of the molecule is Cc1cccc(C)c1-c1c2c(cc3ccc(-c4c(-c5ccccc5)cccc4-c4ccccc4)cc13)-c1cc3c(c4cccc-2c14)-c1ccccc1C31c2ccccc2-c2ccccc21. The second-order valence-corrected chi connectivity index (χ2v) is 18.3. The maximum atomic E-state index is 2.61. The molecule has 3 aliphatic rings. The zero-order chi connectivity index (χ0) is 43.0. The first kappa shape index (κ1) is 36.4. The molecular weight excluding hydrogens is 781 g/mol. The van der Waals surface area contributed by atoms with E-state index in [0.29, 0.717) is 0 Å². The Kier molecular flexibility index (Phi) is 7.55. The second kappa shape index (κ2) is 13.5. The first-order valence-electron chi connectivity index (χ1n) is 22.9. The largest absolute Gasteiger partial charge is 0.0725 e. The summed E-state index contributed by atoms with van der Waals surface area (Å²) in [6.45, 7) is 4.59. The number of hydrogen-bond acceptors (Lipinski definition) is 0. The lowest BCUT2D eigenvalue weighted by atomic mass is 9.70. The van der Waals surface area contributed by atoms with Gasteiger partial charge in [-0.3, -0.25) is 0 Å². The summed E-state index contributed by atoms with van der Waals surface area (Å²) in [6.07, 6.45) is 0. The summed E-state index contributed by atoms with van der Waals surface area (Å²) in [6, 6.07) is 82.4. The molecule has 0 saturated carbocycles. The zero-order valence-corrected chi connectivity index (χ0v) is 36.3. The number of benzene rings is 11. The van der Waals surface area contributed by atoms with Crippen molar-refractivity contribution in [3.05, 3.63) is 252 Å². The molecule has 0 unspecified atom stereocenters. The van der Waals surface area contributed by atoms with E-state index in [-0.39, 0.29) is 0 Å². The Balaban J connectivity index is 1.10. The van der Waals surface area contributed by atoms with E-state index in [0.717, 1.165) is 0 Å². The van der Waals surface area contributed by atoms with Crippen LogP contribution >= 0.6 is 0 Å². The van der Waals surface area contributed by atoms with Crippen molar-refractivity contribution >= 4 is 21.5 Å². The smallest absolute Gasteiger partial charge is 0.0622 e. The summed E-state index contributed by atoms with van der Waals surface area (Å²) < 4.78 is 0. The van der Waals surface area contributed by atoms with Crippen molar-refractivity contribution in [2.75, 3.05) is 0 Å². The lowest BCUT2D eigenvalue weighted by molar-refractivity contribution is 0.795. The molecule has 302 valence electrons. The highest BCUT2D eigenvalue weighted by Gasteiger charge is 2.52. The van der Waals surface area contributed by atoms with Gasteiger partial charge in [-0.1, -0.05) is 200 Å². The minimum Gasteiger partial charge on any atom is -0.0622 e. The van der Waals surface area contributed by atoms with E-state index >= 15 is 0 Å². The molecule has 0 saturated heterocycles. The van der Waals surface area contributed by atoms with Crippen molar-refractivity contribution < 1.29 is 0 Å². The van der Waals surface area contributed by atoms with Crippen molar-refractivity contribution in [2.24, 2.45) is 0 Å². The maximum absolute atomic E-state index is 2.61. The van der Waals surface area contributed by atoms with Crippen molar-refractivity contribution in [1.82, 2.24) is 0 Å². The molecule has 0 amide bonds. The quantitative estimate of drug-likeness (QED) is 0.166. The number of rotatable bonds is 4. The van der Waals surface area contributed by atoms with E-state index in [2.05, 4.69) is 232 Å². The minimum atomic E-state index is -0.424. The first-order valence-corrected chi connectivity index (χ1v) is 22.9. The van der Waals surface area contributed by atoms with Crippen LogP contribution in [-0.2, 0) is 5.41 Å². The normalized spacial score (nSPS) is 13.2. The fourth-order valence-corrected chi connectivity index (χ4v) is 12.6. The standard InChI is InChI=1S/C65H42/c1-39-18-15-19-40(2)59(39)64-52-37-44(60-45(41-20-5-3-6-21-41)27-16-28-46(60)42-22-7-4-8-23-42)35-34-43(52)36-53-54-38-58-62(50-29-17-30-51(61(50)54)63(53)64)49-26-11-14-33-57(49)65(58)55-31-12-9-24-47(55)48-25-10-13-32-56(48)65/h3-38H,1-2H3. The Morgan fingerprint density at radius 2 is 0.785 bits per heavy atom. The number of hydrogen-bond donors (Lipinski definition) is 0. The third-order valence-corrected chi connectivity index (χ3v) is 15.1. The highest BCUT2D eigenvalue weighted by atomic mass is 14.5. The van der Waals surface area contributed by atoms with Gasteiger partial charge >= 0.3 is 0 Å². The Hall–Kier alpha value is -8.06. The third kappa shape index (κ3) is 4.81. The summed E-state index contributed by atoms with van der Waals surface area (Å²) in [5.41, 5.74) is 28.4. The van der Waals surface area contributed by atoms with Gasteiger partial charge in [0.2, 0.25) is 0 Å². The van der Waals surface area contributed by atoms with Crippen molar-refractivity contribution in [3.63, 3.8) is 0 Å². The van der Waals surface area contributed by atoms with Gasteiger partial charge in [0.15, 0.2) is 0 Å². The summed E-state index contributed by atoms with van der Waals surface area (Å²) in [4.78, 5) is 0. The molecule has 11 aromatic carbocycles. The molecule has 0 aromatic heterocycles. The molecule has 0 bridgehead atoms. The third-order valence-electron chi connectivity index (χ3n) is 15.1. The summed E-state index contributed by atoms with van der Waals surface area (Å²) in [5.74, 6) is 0. The molecule has 65 heavy (non-hydrogen) atoms. The Morgan fingerprint density at radius 3 is 1.43 bits per heavy atom. The van der Waals surface area contributed by atoms with Crippen LogP contribution in [0, 0.1) is 13.8 Å². The predicted octanol–water partition coefficient (Wildman–Crippen LogP) is 17.3. The molecule has 0 atom stereocenters. The molecule has 3 aliphatic carbocycles. The van der Waals surface area contributed by atoms with Gasteiger partial charge in [0.05, 0.1) is 5.41 Å². The Morgan fingerprint density at radius 1 is 0.262 bits per heavy atom. The first-order chi connectivity index (χ1) is 32.1. The molecular formula is C65H42. The van der Waals surface area contributed by atoms with Crippen LogP contribution in [0.15, 0.2) is 218 Å². The average molecular weight is 823 g/mol. The van der Waals surface area contributed by atoms with E-state index in [1.165, 1.54) is 144 Å². The van der Waals surface area contributed by atoms with Crippen molar-refractivity contribution in [3.8, 4) is 89.0 Å². The second-order valence-electron chi connectivity index (χ2n) is 18.3. The lowest BCUT2D eigenvalue weighted by Crippen LogP contribution is -2.25. The van der Waals surface area contributed by atoms with E-state index < -0.39 is 5.41 Å². The molecule has 0 radical (unpaired) electrons. The molecule has 0 heterocycles. The number of fused-ring (bicyclic) bond motifs is 15. The van der Waals surface area contributed by atoms with Crippen LogP contribution in [-0.4, -0.2) is 0 Å². The number of aryl methyl sites for hydroxylation is 2. The summed E-state index contributed by atoms with van der Waals surface area (Å²) >= 11 is 0. The lowest BCUT2D eigenvalue weighted by Gasteiger charge is -2.30. The zero-order valence-electron chi connectivity index (χ0n) is 36.3. The topological polar surface area (TPSA) is 0 Å². The molecule has 0 aliphatic heterocycles. The molecule has 0 nitrogen and oxygen atoms in total. The highest BCUT2D eigenvalue weighted by Crippen LogP contribution is 2.66. The fraction of sp³-hybridized carbons (Fsp3) is 0.0462. The predicted molar refractivity (Wildman–Crippen MR) is 273 cm³/mol. The minimum absolute atomic E-state index is 0.424. The van der Waals surface area contributed by atoms with E-state index in [1.54, 1.807) is 0 Å². The van der Waals surface area contributed by atoms with E-state index in [9.17, 15) is 0 Å². The Bertz CT molecular complexity index is 3710. The van der Waals surface area contributed by atoms with Gasteiger partial charge in [0.25, 0.3) is 0 Å². The van der Waals surface area contributed by atoms with Crippen molar-refractivity contribution in [1.29, 1.82) is 0 Å². The van der Waals surface area contributed by atoms with E-state index in [4.69, 9.17) is 0 Å². The molecule has 14 rings (SSSR count). The van der Waals surface area contributed by atoms with Crippen LogP contribution in [0.5, 0.6) is 0 Å². The Labute approximate surface area is 379 Å². The van der Waals surface area contributed by atoms with Gasteiger partial charge in [-0.2, -0.15) is 0 Å². The van der Waals surface area contributed by atoms with Gasteiger partial charge in [-0.25, -0.2) is 0 Å². The molecule has 0 fully saturated rings. The molecule has 1 spiro atoms. The fourth-order valence-electron chi connectivity index (χ4n) is 12.6. The molecule has 0 N–H and O–H groups in total. The van der Waals surface area contributed by atoms with Gasteiger partial charge in [0.1, 0.15) is 0 Å². The van der Waals surface area contributed by atoms with Crippen LogP contribution in [0.1, 0.15) is 33.4 Å². The van der Waals surface area contributed by atoms with Crippen LogP contribution in [0.25, 0.3) is 111 Å². The van der Waals surface area contributed by atoms with Crippen LogP contribution in [0.4, 0.5) is 0 Å². The molecule has 11 aromatic rings. The average Bonchev–Trinajstić information content (AvgIpc) is 3.96. The summed E-state index contributed by atoms with van der Waals surface area (Å²) in [7, 11) is 0.